The van der Waals surface area contributed by atoms with E-state index in [9.17, 15) is 9.18 Å². The van der Waals surface area contributed by atoms with Gasteiger partial charge in [0.25, 0.3) is 5.91 Å². The van der Waals surface area contributed by atoms with Crippen molar-refractivity contribution in [1.82, 2.24) is 4.98 Å². The molecule has 126 valence electrons. The van der Waals surface area contributed by atoms with E-state index in [2.05, 4.69) is 15.6 Å². The quantitative estimate of drug-likeness (QED) is 0.678. The lowest BCUT2D eigenvalue weighted by Gasteiger charge is -2.10. The third-order valence-corrected chi connectivity index (χ3v) is 3.89. The Balaban J connectivity index is 1.77. The zero-order valence-corrected chi connectivity index (χ0v) is 14.1. The highest BCUT2D eigenvalue weighted by molar-refractivity contribution is 6.31. The van der Waals surface area contributed by atoms with Crippen molar-refractivity contribution in [1.29, 1.82) is 0 Å². The summed E-state index contributed by atoms with van der Waals surface area (Å²) in [5.41, 5.74) is 3.50. The number of para-hydroxylation sites is 1. The van der Waals surface area contributed by atoms with Gasteiger partial charge in [-0.25, -0.2) is 4.39 Å². The predicted octanol–water partition coefficient (Wildman–Crippen LogP) is 5.18. The smallest absolute Gasteiger partial charge is 0.257 e. The van der Waals surface area contributed by atoms with Gasteiger partial charge in [0.05, 0.1) is 22.5 Å². The molecule has 1 aromatic heterocycles. The zero-order chi connectivity index (χ0) is 17.8. The molecule has 0 saturated carbocycles. The maximum Gasteiger partial charge on any atom is 0.257 e. The summed E-state index contributed by atoms with van der Waals surface area (Å²) in [4.78, 5) is 16.5. The number of anilines is 3. The van der Waals surface area contributed by atoms with Crippen molar-refractivity contribution in [2.45, 2.75) is 6.92 Å². The van der Waals surface area contributed by atoms with E-state index in [0.29, 0.717) is 16.9 Å². The van der Waals surface area contributed by atoms with Crippen molar-refractivity contribution in [3.05, 3.63) is 82.9 Å². The van der Waals surface area contributed by atoms with Crippen molar-refractivity contribution < 1.29 is 9.18 Å². The molecule has 0 fully saturated rings. The lowest BCUT2D eigenvalue weighted by Crippen LogP contribution is -2.12. The average molecular weight is 356 g/mol. The van der Waals surface area contributed by atoms with Gasteiger partial charge in [0.2, 0.25) is 0 Å². The average Bonchev–Trinajstić information content (AvgIpc) is 2.60. The first-order chi connectivity index (χ1) is 12.0. The Morgan fingerprint density at radius 2 is 1.88 bits per heavy atom. The van der Waals surface area contributed by atoms with Crippen molar-refractivity contribution in [2.24, 2.45) is 0 Å². The number of nitrogens with one attached hydrogen (secondary N) is 2. The molecule has 0 bridgehead atoms. The fraction of sp³-hybridized carbons (Fsp3) is 0.0526. The molecule has 2 aromatic carbocycles. The second kappa shape index (κ2) is 7.32. The Hall–Kier alpha value is -2.92. The number of hydrogen-bond donors (Lipinski definition) is 2. The second-order valence-electron chi connectivity index (χ2n) is 5.49. The van der Waals surface area contributed by atoms with Crippen molar-refractivity contribution in [3.63, 3.8) is 0 Å². The minimum atomic E-state index is -0.536. The lowest BCUT2D eigenvalue weighted by atomic mass is 10.2. The largest absolute Gasteiger partial charge is 0.354 e. The highest BCUT2D eigenvalue weighted by atomic mass is 35.5. The number of hydrogen-bond acceptors (Lipinski definition) is 3. The van der Waals surface area contributed by atoms with Crippen LogP contribution in [0, 0.1) is 12.7 Å². The topological polar surface area (TPSA) is 54.0 Å². The van der Waals surface area contributed by atoms with Gasteiger partial charge in [0.15, 0.2) is 0 Å². The molecule has 3 rings (SSSR count). The van der Waals surface area contributed by atoms with Gasteiger partial charge in [0.1, 0.15) is 5.82 Å². The van der Waals surface area contributed by atoms with Crippen molar-refractivity contribution in [2.75, 3.05) is 10.6 Å². The molecule has 0 radical (unpaired) electrons. The van der Waals surface area contributed by atoms with Gasteiger partial charge in [-0.3, -0.25) is 9.78 Å². The van der Waals surface area contributed by atoms with Crippen LogP contribution in [0.25, 0.3) is 0 Å². The number of halogens is 2. The Labute approximate surface area is 149 Å². The van der Waals surface area contributed by atoms with Crippen molar-refractivity contribution >= 4 is 34.6 Å². The van der Waals surface area contributed by atoms with Crippen LogP contribution in [0.15, 0.2) is 60.9 Å². The van der Waals surface area contributed by atoms with Crippen LogP contribution in [0.4, 0.5) is 21.5 Å². The molecule has 6 heteroatoms. The molecule has 0 aliphatic heterocycles. The molecule has 25 heavy (non-hydrogen) atoms. The first-order valence-electron chi connectivity index (χ1n) is 7.57. The van der Waals surface area contributed by atoms with Crippen LogP contribution in [-0.4, -0.2) is 10.9 Å². The zero-order valence-electron chi connectivity index (χ0n) is 13.4. The van der Waals surface area contributed by atoms with Gasteiger partial charge in [-0.2, -0.15) is 0 Å². The fourth-order valence-corrected chi connectivity index (χ4v) is 2.46. The molecule has 0 unspecified atom stereocenters. The van der Waals surface area contributed by atoms with Crippen LogP contribution in [0.1, 0.15) is 15.9 Å². The molecule has 0 aliphatic carbocycles. The summed E-state index contributed by atoms with van der Waals surface area (Å²) < 4.78 is 13.2. The molecule has 0 saturated heterocycles. The maximum atomic E-state index is 13.2. The number of benzene rings is 2. The van der Waals surface area contributed by atoms with Crippen molar-refractivity contribution in [3.8, 4) is 0 Å². The molecular weight excluding hydrogens is 341 g/mol. The molecule has 1 amide bonds. The van der Waals surface area contributed by atoms with E-state index >= 15 is 0 Å². The van der Waals surface area contributed by atoms with Gasteiger partial charge < -0.3 is 10.6 Å². The second-order valence-corrected chi connectivity index (χ2v) is 5.89. The normalized spacial score (nSPS) is 10.4. The SMILES string of the molecule is Cc1ccccc1Nc1cncc(C(=O)Nc2ccc(F)c(Cl)c2)c1. The summed E-state index contributed by atoms with van der Waals surface area (Å²) in [6.45, 7) is 1.99. The maximum absolute atomic E-state index is 13.2. The first kappa shape index (κ1) is 16.9. The highest BCUT2D eigenvalue weighted by Gasteiger charge is 2.09. The number of pyridine rings is 1. The molecule has 0 aliphatic rings. The van der Waals surface area contributed by atoms with Crippen LogP contribution in [0.2, 0.25) is 5.02 Å². The highest BCUT2D eigenvalue weighted by Crippen LogP contribution is 2.22. The number of aromatic nitrogens is 1. The summed E-state index contributed by atoms with van der Waals surface area (Å²) in [6.07, 6.45) is 3.10. The summed E-state index contributed by atoms with van der Waals surface area (Å²) >= 11 is 5.72. The van der Waals surface area contributed by atoms with Gasteiger partial charge in [-0.05, 0) is 42.8 Å². The number of aryl methyl sites for hydroxylation is 1. The Kier molecular flexibility index (Phi) is 4.95. The summed E-state index contributed by atoms with van der Waals surface area (Å²) in [5.74, 6) is -0.894. The number of nitrogens with zero attached hydrogens (tertiary/aromatic N) is 1. The van der Waals surface area contributed by atoms with Crippen LogP contribution in [-0.2, 0) is 0 Å². The number of rotatable bonds is 4. The van der Waals surface area contributed by atoms with Gasteiger partial charge in [-0.15, -0.1) is 0 Å². The van der Waals surface area contributed by atoms with E-state index in [1.807, 2.05) is 31.2 Å². The minimum Gasteiger partial charge on any atom is -0.354 e. The fourth-order valence-electron chi connectivity index (χ4n) is 2.28. The van der Waals surface area contributed by atoms with E-state index in [4.69, 9.17) is 11.6 Å². The summed E-state index contributed by atoms with van der Waals surface area (Å²) in [7, 11) is 0. The molecule has 1 heterocycles. The molecule has 4 nitrogen and oxygen atoms in total. The molecular formula is C19H15ClFN3O. The Morgan fingerprint density at radius 3 is 2.64 bits per heavy atom. The minimum absolute atomic E-state index is 0.0501. The molecule has 2 N–H and O–H groups in total. The number of amides is 1. The van der Waals surface area contributed by atoms with E-state index < -0.39 is 5.82 Å². The summed E-state index contributed by atoms with van der Waals surface area (Å²) in [5, 5.41) is 5.86. The van der Waals surface area contributed by atoms with Crippen LogP contribution >= 0.6 is 11.6 Å². The standard InChI is InChI=1S/C19H15ClFN3O/c1-12-4-2-3-5-18(12)23-15-8-13(10-22-11-15)19(25)24-14-6-7-17(21)16(20)9-14/h2-11,23H,1H3,(H,24,25). The van der Waals surface area contributed by atoms with Gasteiger partial charge in [-0.1, -0.05) is 29.8 Å². The summed E-state index contributed by atoms with van der Waals surface area (Å²) in [6, 6.07) is 13.5. The van der Waals surface area contributed by atoms with E-state index in [-0.39, 0.29) is 10.9 Å². The lowest BCUT2D eigenvalue weighted by molar-refractivity contribution is 0.102. The monoisotopic (exact) mass is 355 g/mol. The third-order valence-electron chi connectivity index (χ3n) is 3.60. The predicted molar refractivity (Wildman–Crippen MR) is 98.1 cm³/mol. The number of carbonyl (C=O) groups is 1. The van der Waals surface area contributed by atoms with Crippen LogP contribution < -0.4 is 10.6 Å². The van der Waals surface area contributed by atoms with Crippen LogP contribution in [0.3, 0.4) is 0 Å². The van der Waals surface area contributed by atoms with E-state index in [0.717, 1.165) is 11.3 Å². The van der Waals surface area contributed by atoms with Gasteiger partial charge in [0, 0.05) is 17.6 Å². The first-order valence-corrected chi connectivity index (χ1v) is 7.95. The third kappa shape index (κ3) is 4.14. The molecule has 0 atom stereocenters. The van der Waals surface area contributed by atoms with E-state index in [1.54, 1.807) is 12.3 Å². The van der Waals surface area contributed by atoms with E-state index in [1.165, 1.54) is 24.4 Å². The molecule has 3 aromatic rings. The van der Waals surface area contributed by atoms with Crippen LogP contribution in [0.5, 0.6) is 0 Å². The molecule has 0 spiro atoms. The number of carbonyl (C=O) groups excluding carboxylic acids is 1. The van der Waals surface area contributed by atoms with Gasteiger partial charge >= 0.3 is 0 Å². The Morgan fingerprint density at radius 1 is 1.08 bits per heavy atom. The Bertz CT molecular complexity index is 930.